The predicted octanol–water partition coefficient (Wildman–Crippen LogP) is -2.11. The molecule has 0 aromatic rings. The average Bonchev–Trinajstić information content (AvgIpc) is 2.18. The maximum atomic E-state index is 10.5. The van der Waals surface area contributed by atoms with Gasteiger partial charge < -0.3 is 24.8 Å². The highest BCUT2D eigenvalue weighted by atomic mass is 16.7. The van der Waals surface area contributed by atoms with Gasteiger partial charge >= 0.3 is 0 Å². The van der Waals surface area contributed by atoms with Crippen molar-refractivity contribution in [2.45, 2.75) is 6.10 Å². The summed E-state index contributed by atoms with van der Waals surface area (Å²) < 4.78 is 9.45. The van der Waals surface area contributed by atoms with E-state index in [1.165, 1.54) is 0 Å². The van der Waals surface area contributed by atoms with E-state index in [1.54, 1.807) is 0 Å². The zero-order valence-corrected chi connectivity index (χ0v) is 7.18. The van der Waals surface area contributed by atoms with Crippen molar-refractivity contribution < 1.29 is 29.6 Å². The summed E-state index contributed by atoms with van der Waals surface area (Å²) in [5, 5.41) is 25.4. The largest absolute Gasteiger partial charge is 0.394 e. The molecule has 0 fully saturated rings. The van der Waals surface area contributed by atoms with Gasteiger partial charge in [0.25, 0.3) is 0 Å². The van der Waals surface area contributed by atoms with Crippen molar-refractivity contribution in [1.82, 2.24) is 0 Å². The molecule has 0 aliphatic carbocycles. The first kappa shape index (κ1) is 12.5. The van der Waals surface area contributed by atoms with Crippen LogP contribution in [0.3, 0.4) is 0 Å². The van der Waals surface area contributed by atoms with Crippen LogP contribution in [0.5, 0.6) is 0 Å². The first-order chi connectivity index (χ1) is 6.24. The maximum absolute atomic E-state index is 10.5. The maximum Gasteiger partial charge on any atom is 0.183 e. The molecule has 13 heavy (non-hydrogen) atoms. The van der Waals surface area contributed by atoms with Gasteiger partial charge in [-0.1, -0.05) is 0 Å². The minimum atomic E-state index is -0.691. The summed E-state index contributed by atoms with van der Waals surface area (Å²) in [6.07, 6.45) is -0.691. The molecule has 0 rings (SSSR count). The topological polar surface area (TPSA) is 96.2 Å². The zero-order chi connectivity index (χ0) is 10.1. The number of hydrogen-bond donors (Lipinski definition) is 3. The highest BCUT2D eigenvalue weighted by molar-refractivity contribution is 5.80. The Labute approximate surface area is 75.7 Å². The van der Waals surface area contributed by atoms with Crippen LogP contribution in [0.1, 0.15) is 0 Å². The quantitative estimate of drug-likeness (QED) is 0.302. The van der Waals surface area contributed by atoms with E-state index in [9.17, 15) is 4.79 Å². The second-order valence-electron chi connectivity index (χ2n) is 2.32. The van der Waals surface area contributed by atoms with Crippen LogP contribution in [0, 0.1) is 0 Å². The van der Waals surface area contributed by atoms with Gasteiger partial charge in [-0.05, 0) is 0 Å². The summed E-state index contributed by atoms with van der Waals surface area (Å²) >= 11 is 0. The summed E-state index contributed by atoms with van der Waals surface area (Å²) in [5.41, 5.74) is 0. The molecule has 0 aliphatic rings. The minimum absolute atomic E-state index is 0.197. The van der Waals surface area contributed by atoms with Gasteiger partial charge in [0.1, 0.15) is 26.1 Å². The first-order valence-electron chi connectivity index (χ1n) is 3.78. The lowest BCUT2D eigenvalue weighted by Gasteiger charge is -2.11. The molecule has 0 bridgehead atoms. The molecule has 0 saturated heterocycles. The van der Waals surface area contributed by atoms with Crippen LogP contribution in [0.2, 0.25) is 0 Å². The molecule has 0 radical (unpaired) electrons. The SMILES string of the molecule is O=C(CO)COCOC(CO)CO. The predicted molar refractivity (Wildman–Crippen MR) is 42.0 cm³/mol. The Morgan fingerprint density at radius 1 is 1.23 bits per heavy atom. The van der Waals surface area contributed by atoms with Gasteiger partial charge in [-0.25, -0.2) is 0 Å². The minimum Gasteiger partial charge on any atom is -0.394 e. The van der Waals surface area contributed by atoms with E-state index in [2.05, 4.69) is 4.74 Å². The third kappa shape index (κ3) is 6.62. The summed E-state index contributed by atoms with van der Waals surface area (Å²) in [4.78, 5) is 10.5. The van der Waals surface area contributed by atoms with Crippen molar-refractivity contribution in [2.24, 2.45) is 0 Å². The Kier molecular flexibility index (Phi) is 7.76. The van der Waals surface area contributed by atoms with Crippen LogP contribution in [0.25, 0.3) is 0 Å². The number of ether oxygens (including phenoxy) is 2. The Morgan fingerprint density at radius 3 is 2.31 bits per heavy atom. The second kappa shape index (κ2) is 8.09. The van der Waals surface area contributed by atoms with Gasteiger partial charge in [0.05, 0.1) is 13.2 Å². The van der Waals surface area contributed by atoms with Gasteiger partial charge in [0.2, 0.25) is 0 Å². The summed E-state index contributed by atoms with van der Waals surface area (Å²) in [6, 6.07) is 0. The van der Waals surface area contributed by atoms with Gasteiger partial charge in [-0.15, -0.1) is 0 Å². The lowest BCUT2D eigenvalue weighted by atomic mass is 10.4. The molecule has 6 heteroatoms. The number of rotatable bonds is 8. The van der Waals surface area contributed by atoms with Crippen LogP contribution < -0.4 is 0 Å². The molecule has 3 N–H and O–H groups in total. The molecule has 0 aliphatic heterocycles. The Hall–Kier alpha value is -0.530. The molecule has 78 valence electrons. The molecule has 0 amide bonds. The number of aliphatic hydroxyl groups is 3. The molecule has 0 spiro atoms. The van der Waals surface area contributed by atoms with E-state index in [-0.39, 0.29) is 26.6 Å². The fourth-order valence-electron chi connectivity index (χ4n) is 0.509. The lowest BCUT2D eigenvalue weighted by molar-refractivity contribution is -0.141. The standard InChI is InChI=1S/C7H14O6/c8-1-6(11)4-12-5-13-7(2-9)3-10/h7-10H,1-5H2. The fraction of sp³-hybridized carbons (Fsp3) is 0.857. The van der Waals surface area contributed by atoms with Crippen LogP contribution in [0.15, 0.2) is 0 Å². The average molecular weight is 194 g/mol. The van der Waals surface area contributed by atoms with Crippen LogP contribution in [-0.2, 0) is 14.3 Å². The van der Waals surface area contributed by atoms with Crippen LogP contribution in [-0.4, -0.2) is 60.4 Å². The monoisotopic (exact) mass is 194 g/mol. The second-order valence-corrected chi connectivity index (χ2v) is 2.32. The van der Waals surface area contributed by atoms with E-state index in [0.717, 1.165) is 0 Å². The normalized spacial score (nSPS) is 10.8. The summed E-state index contributed by atoms with van der Waals surface area (Å²) in [5.74, 6) is -0.451. The third-order valence-corrected chi connectivity index (χ3v) is 1.23. The fourth-order valence-corrected chi connectivity index (χ4v) is 0.509. The number of hydrogen-bond acceptors (Lipinski definition) is 6. The molecule has 0 heterocycles. The molecule has 0 aromatic heterocycles. The molecular formula is C7H14O6. The smallest absolute Gasteiger partial charge is 0.183 e. The molecule has 0 aromatic carbocycles. The third-order valence-electron chi connectivity index (χ3n) is 1.23. The van der Waals surface area contributed by atoms with Crippen LogP contribution in [0.4, 0.5) is 0 Å². The van der Waals surface area contributed by atoms with E-state index in [1.807, 2.05) is 0 Å². The molecule has 0 unspecified atom stereocenters. The number of carbonyl (C=O) groups is 1. The Balaban J connectivity index is 3.28. The van der Waals surface area contributed by atoms with Crippen molar-refractivity contribution in [2.75, 3.05) is 33.2 Å². The number of ketones is 1. The van der Waals surface area contributed by atoms with Crippen molar-refractivity contribution in [1.29, 1.82) is 0 Å². The Morgan fingerprint density at radius 2 is 1.85 bits per heavy atom. The van der Waals surface area contributed by atoms with Gasteiger partial charge in [0.15, 0.2) is 5.78 Å². The number of Topliss-reactive ketones (excluding diaryl/α,β-unsaturated/α-hetero) is 1. The van der Waals surface area contributed by atoms with Crippen molar-refractivity contribution in [3.8, 4) is 0 Å². The number of aliphatic hydroxyl groups excluding tert-OH is 3. The van der Waals surface area contributed by atoms with Gasteiger partial charge in [-0.3, -0.25) is 4.79 Å². The van der Waals surface area contributed by atoms with Gasteiger partial charge in [-0.2, -0.15) is 0 Å². The summed E-state index contributed by atoms with van der Waals surface area (Å²) in [6.45, 7) is -1.62. The molecule has 0 atom stereocenters. The van der Waals surface area contributed by atoms with Crippen molar-refractivity contribution in [3.63, 3.8) is 0 Å². The highest BCUT2D eigenvalue weighted by Gasteiger charge is 2.05. The van der Waals surface area contributed by atoms with E-state index in [0.29, 0.717) is 0 Å². The highest BCUT2D eigenvalue weighted by Crippen LogP contribution is 1.89. The Bertz CT molecular complexity index is 133. The number of carbonyl (C=O) groups excluding carboxylic acids is 1. The van der Waals surface area contributed by atoms with Gasteiger partial charge in [0, 0.05) is 0 Å². The summed E-state index contributed by atoms with van der Waals surface area (Å²) in [7, 11) is 0. The van der Waals surface area contributed by atoms with Crippen molar-refractivity contribution in [3.05, 3.63) is 0 Å². The lowest BCUT2D eigenvalue weighted by Crippen LogP contribution is -2.24. The van der Waals surface area contributed by atoms with Crippen molar-refractivity contribution >= 4 is 5.78 Å². The van der Waals surface area contributed by atoms with E-state index in [4.69, 9.17) is 20.1 Å². The zero-order valence-electron chi connectivity index (χ0n) is 7.18. The molecule has 0 saturated carbocycles. The molecule has 6 nitrogen and oxygen atoms in total. The van der Waals surface area contributed by atoms with E-state index >= 15 is 0 Å². The molecular weight excluding hydrogens is 180 g/mol. The first-order valence-corrected chi connectivity index (χ1v) is 3.78. The van der Waals surface area contributed by atoms with E-state index < -0.39 is 18.5 Å². The van der Waals surface area contributed by atoms with Crippen LogP contribution >= 0.6 is 0 Å².